The third-order valence-corrected chi connectivity index (χ3v) is 5.04. The highest BCUT2D eigenvalue weighted by atomic mass is 16.5. The summed E-state index contributed by atoms with van der Waals surface area (Å²) in [5.41, 5.74) is 3.63. The van der Waals surface area contributed by atoms with Crippen LogP contribution in [0, 0.1) is 0 Å². The van der Waals surface area contributed by atoms with E-state index in [9.17, 15) is 14.4 Å². The van der Waals surface area contributed by atoms with Gasteiger partial charge in [0.2, 0.25) is 0 Å². The zero-order chi connectivity index (χ0) is 24.6. The van der Waals surface area contributed by atoms with Crippen molar-refractivity contribution < 1.29 is 23.9 Å². The van der Waals surface area contributed by atoms with Crippen LogP contribution >= 0.6 is 0 Å². The Morgan fingerprint density at radius 3 is 2.31 bits per heavy atom. The molecule has 2 amide bonds. The van der Waals surface area contributed by atoms with Gasteiger partial charge in [-0.1, -0.05) is 48.5 Å². The Hall–Kier alpha value is -4.98. The number of anilines is 1. The number of hydrogen-bond acceptors (Lipinski definition) is 6. The number of benzene rings is 4. The molecule has 0 spiro atoms. The van der Waals surface area contributed by atoms with Gasteiger partial charge in [-0.25, -0.2) is 10.2 Å². The number of hydrogen-bond donors (Lipinski definition) is 2. The van der Waals surface area contributed by atoms with E-state index in [1.54, 1.807) is 54.6 Å². The molecule has 0 saturated heterocycles. The van der Waals surface area contributed by atoms with Crippen molar-refractivity contribution in [3.63, 3.8) is 0 Å². The molecular weight excluding hydrogens is 446 g/mol. The van der Waals surface area contributed by atoms with Crippen LogP contribution in [0.2, 0.25) is 0 Å². The first-order valence-corrected chi connectivity index (χ1v) is 10.6. The maximum atomic E-state index is 12.7. The standard InChI is InChI=1S/C27H21N3O5/c1-34-24-12-5-4-11-23(24)29-25(31)26(32)30-28-17-18-13-15-20(16-14-18)35-27(33)22-10-6-8-19-7-2-3-9-21(19)22/h2-17H,1H3,(H,29,31)(H,30,32)/b28-17-. The number of carbonyl (C=O) groups excluding carboxylic acids is 3. The fraction of sp³-hybridized carbons (Fsp3) is 0.0370. The SMILES string of the molecule is COc1ccccc1NC(=O)C(=O)N/N=C\c1ccc(OC(=O)c2cccc3ccccc23)cc1. The molecule has 4 aromatic carbocycles. The van der Waals surface area contributed by atoms with E-state index in [0.29, 0.717) is 28.3 Å². The maximum absolute atomic E-state index is 12.7. The third-order valence-electron chi connectivity index (χ3n) is 5.04. The molecule has 8 heteroatoms. The normalized spacial score (nSPS) is 10.7. The molecule has 0 saturated carbocycles. The Bertz CT molecular complexity index is 1410. The maximum Gasteiger partial charge on any atom is 0.344 e. The van der Waals surface area contributed by atoms with Gasteiger partial charge in [-0.15, -0.1) is 0 Å². The molecule has 0 aliphatic rings. The Kier molecular flexibility index (Phi) is 7.13. The van der Waals surface area contributed by atoms with E-state index in [-0.39, 0.29) is 0 Å². The number of rotatable bonds is 6. The van der Waals surface area contributed by atoms with Crippen LogP contribution in [0.3, 0.4) is 0 Å². The molecule has 4 aromatic rings. The van der Waals surface area contributed by atoms with Gasteiger partial charge in [-0.05, 0) is 58.8 Å². The average molecular weight is 467 g/mol. The summed E-state index contributed by atoms with van der Waals surface area (Å²) < 4.78 is 10.6. The molecule has 2 N–H and O–H groups in total. The van der Waals surface area contributed by atoms with E-state index >= 15 is 0 Å². The smallest absolute Gasteiger partial charge is 0.344 e. The molecule has 0 aliphatic carbocycles. The lowest BCUT2D eigenvalue weighted by Gasteiger charge is -2.08. The first-order chi connectivity index (χ1) is 17.0. The number of ether oxygens (including phenoxy) is 2. The zero-order valence-electron chi connectivity index (χ0n) is 18.7. The summed E-state index contributed by atoms with van der Waals surface area (Å²) in [7, 11) is 1.46. The minimum Gasteiger partial charge on any atom is -0.495 e. The quantitative estimate of drug-likeness (QED) is 0.146. The lowest BCUT2D eigenvalue weighted by molar-refractivity contribution is -0.136. The largest absolute Gasteiger partial charge is 0.495 e. The summed E-state index contributed by atoms with van der Waals surface area (Å²) in [5.74, 6) is -1.50. The molecule has 0 aliphatic heterocycles. The number of amides is 2. The second-order valence-electron chi connectivity index (χ2n) is 7.34. The topological polar surface area (TPSA) is 106 Å². The summed E-state index contributed by atoms with van der Waals surface area (Å²) in [6, 6.07) is 26.3. The van der Waals surface area contributed by atoms with Gasteiger partial charge >= 0.3 is 17.8 Å². The van der Waals surface area contributed by atoms with Crippen LogP contribution in [-0.2, 0) is 9.59 Å². The van der Waals surface area contributed by atoms with E-state index in [2.05, 4.69) is 15.8 Å². The Morgan fingerprint density at radius 1 is 0.800 bits per heavy atom. The van der Waals surface area contributed by atoms with E-state index in [1.165, 1.54) is 13.3 Å². The van der Waals surface area contributed by atoms with Crippen molar-refractivity contribution in [2.75, 3.05) is 12.4 Å². The molecule has 174 valence electrons. The van der Waals surface area contributed by atoms with Crippen molar-refractivity contribution in [2.24, 2.45) is 5.10 Å². The summed E-state index contributed by atoms with van der Waals surface area (Å²) in [6.07, 6.45) is 1.37. The van der Waals surface area contributed by atoms with Gasteiger partial charge in [-0.2, -0.15) is 5.10 Å². The van der Waals surface area contributed by atoms with Crippen LogP contribution in [0.4, 0.5) is 5.69 Å². The highest BCUT2D eigenvalue weighted by Crippen LogP contribution is 2.23. The van der Waals surface area contributed by atoms with E-state index in [0.717, 1.165) is 10.8 Å². The van der Waals surface area contributed by atoms with Gasteiger partial charge in [0.15, 0.2) is 0 Å². The van der Waals surface area contributed by atoms with Crippen molar-refractivity contribution in [1.82, 2.24) is 5.43 Å². The average Bonchev–Trinajstić information content (AvgIpc) is 2.89. The number of esters is 1. The minimum atomic E-state index is -0.937. The fourth-order valence-corrected chi connectivity index (χ4v) is 3.33. The Balaban J connectivity index is 1.33. The van der Waals surface area contributed by atoms with E-state index in [4.69, 9.17) is 9.47 Å². The predicted octanol–water partition coefficient (Wildman–Crippen LogP) is 4.16. The number of nitrogens with zero attached hydrogens (tertiary/aromatic N) is 1. The van der Waals surface area contributed by atoms with E-state index in [1.807, 2.05) is 36.4 Å². The number of methoxy groups -OCH3 is 1. The van der Waals surface area contributed by atoms with Crippen molar-refractivity contribution >= 4 is 40.5 Å². The summed E-state index contributed by atoms with van der Waals surface area (Å²) in [6.45, 7) is 0. The zero-order valence-corrected chi connectivity index (χ0v) is 18.7. The van der Waals surface area contributed by atoms with Gasteiger partial charge in [0, 0.05) is 0 Å². The third kappa shape index (κ3) is 5.69. The van der Waals surface area contributed by atoms with Crippen LogP contribution in [0.5, 0.6) is 11.5 Å². The van der Waals surface area contributed by atoms with Crippen molar-refractivity contribution in [2.45, 2.75) is 0 Å². The van der Waals surface area contributed by atoms with Crippen LogP contribution in [0.15, 0.2) is 96.1 Å². The molecule has 0 atom stereocenters. The molecule has 0 heterocycles. The number of carbonyl (C=O) groups is 3. The van der Waals surface area contributed by atoms with Gasteiger partial charge in [0.1, 0.15) is 11.5 Å². The highest BCUT2D eigenvalue weighted by molar-refractivity contribution is 6.39. The minimum absolute atomic E-state index is 0.361. The van der Waals surface area contributed by atoms with Crippen LogP contribution in [0.1, 0.15) is 15.9 Å². The first-order valence-electron chi connectivity index (χ1n) is 10.6. The summed E-state index contributed by atoms with van der Waals surface area (Å²) >= 11 is 0. The fourth-order valence-electron chi connectivity index (χ4n) is 3.33. The van der Waals surface area contributed by atoms with Crippen molar-refractivity contribution in [3.8, 4) is 11.5 Å². The second kappa shape index (κ2) is 10.8. The number of hydrazone groups is 1. The van der Waals surface area contributed by atoms with E-state index < -0.39 is 17.8 Å². The van der Waals surface area contributed by atoms with Crippen molar-refractivity contribution in [1.29, 1.82) is 0 Å². The molecule has 0 aromatic heterocycles. The molecule has 0 bridgehead atoms. The molecule has 4 rings (SSSR count). The number of fused-ring (bicyclic) bond motifs is 1. The van der Waals surface area contributed by atoms with Gasteiger partial charge in [0.05, 0.1) is 24.6 Å². The molecule has 0 unspecified atom stereocenters. The highest BCUT2D eigenvalue weighted by Gasteiger charge is 2.15. The lowest BCUT2D eigenvalue weighted by Crippen LogP contribution is -2.32. The van der Waals surface area contributed by atoms with Gasteiger partial charge in [-0.3, -0.25) is 9.59 Å². The first kappa shape index (κ1) is 23.2. The summed E-state index contributed by atoms with van der Waals surface area (Å²) in [4.78, 5) is 36.7. The van der Waals surface area contributed by atoms with Crippen LogP contribution in [-0.4, -0.2) is 31.1 Å². The monoisotopic (exact) mass is 467 g/mol. The predicted molar refractivity (Wildman–Crippen MR) is 133 cm³/mol. The lowest BCUT2D eigenvalue weighted by atomic mass is 10.0. The Labute approximate surface area is 201 Å². The van der Waals surface area contributed by atoms with Crippen molar-refractivity contribution in [3.05, 3.63) is 102 Å². The van der Waals surface area contributed by atoms with Gasteiger partial charge < -0.3 is 14.8 Å². The summed E-state index contributed by atoms with van der Waals surface area (Å²) in [5, 5.41) is 8.02. The van der Waals surface area contributed by atoms with Crippen LogP contribution in [0.25, 0.3) is 10.8 Å². The molecule has 8 nitrogen and oxygen atoms in total. The molecular formula is C27H21N3O5. The second-order valence-corrected chi connectivity index (χ2v) is 7.34. The van der Waals surface area contributed by atoms with Gasteiger partial charge in [0.25, 0.3) is 0 Å². The number of nitrogens with one attached hydrogen (secondary N) is 2. The molecule has 0 radical (unpaired) electrons. The number of para-hydroxylation sites is 2. The molecule has 0 fully saturated rings. The van der Waals surface area contributed by atoms with Crippen LogP contribution < -0.4 is 20.2 Å². The Morgan fingerprint density at radius 2 is 1.51 bits per heavy atom. The molecule has 35 heavy (non-hydrogen) atoms.